The van der Waals surface area contributed by atoms with Gasteiger partial charge in [0.25, 0.3) is 0 Å². The first kappa shape index (κ1) is 18.7. The van der Waals surface area contributed by atoms with Gasteiger partial charge in [-0.2, -0.15) is 0 Å². The molecule has 1 unspecified atom stereocenters. The zero-order valence-electron chi connectivity index (χ0n) is 13.7. The van der Waals surface area contributed by atoms with Crippen molar-refractivity contribution in [1.29, 1.82) is 0 Å². The average molecular weight is 449 g/mol. The van der Waals surface area contributed by atoms with Gasteiger partial charge < -0.3 is 15.4 Å². The Bertz CT molecular complexity index is 557. The van der Waals surface area contributed by atoms with Crippen LogP contribution in [-0.4, -0.2) is 29.3 Å². The molecule has 128 valence electrons. The molecule has 1 saturated carbocycles. The molecule has 1 heterocycles. The highest BCUT2D eigenvalue weighted by Gasteiger charge is 2.33. The maximum Gasteiger partial charge on any atom is 0.407 e. The van der Waals surface area contributed by atoms with Crippen LogP contribution in [0.2, 0.25) is 0 Å². The zero-order chi connectivity index (χ0) is 17.0. The Kier molecular flexibility index (Phi) is 6.45. The van der Waals surface area contributed by atoms with Crippen molar-refractivity contribution in [1.82, 2.24) is 15.6 Å². The Labute approximate surface area is 154 Å². The lowest BCUT2D eigenvalue weighted by Gasteiger charge is -2.24. The highest BCUT2D eigenvalue weighted by molar-refractivity contribution is 9.11. The molecule has 0 radical (unpaired) electrons. The van der Waals surface area contributed by atoms with E-state index in [0.29, 0.717) is 19.0 Å². The number of pyridine rings is 1. The van der Waals surface area contributed by atoms with Gasteiger partial charge in [-0.25, -0.2) is 4.79 Å². The van der Waals surface area contributed by atoms with E-state index in [1.165, 1.54) is 0 Å². The number of nitrogens with zero attached hydrogens (tertiary/aromatic N) is 1. The molecule has 7 heteroatoms. The lowest BCUT2D eigenvalue weighted by molar-refractivity contribution is 0.0497. The fraction of sp³-hybridized carbons (Fsp3) is 0.625. The number of carbonyl (C=O) groups is 1. The lowest BCUT2D eigenvalue weighted by Crippen LogP contribution is -2.45. The Balaban J connectivity index is 1.82. The van der Waals surface area contributed by atoms with Crippen LogP contribution in [-0.2, 0) is 11.3 Å². The highest BCUT2D eigenvalue weighted by Crippen LogP contribution is 2.32. The summed E-state index contributed by atoms with van der Waals surface area (Å²) in [4.78, 5) is 16.3. The number of alkyl carbamates (subject to hydrolysis) is 1. The van der Waals surface area contributed by atoms with Crippen molar-refractivity contribution < 1.29 is 9.53 Å². The predicted molar refractivity (Wildman–Crippen MR) is 97.2 cm³/mol. The number of amides is 1. The summed E-state index contributed by atoms with van der Waals surface area (Å²) in [5.74, 6) is 0.538. The summed E-state index contributed by atoms with van der Waals surface area (Å²) in [6.07, 6.45) is 3.74. The molecule has 0 bridgehead atoms. The molecule has 2 N–H and O–H groups in total. The molecule has 1 fully saturated rings. The number of aromatic nitrogens is 1. The molecular formula is C16H23Br2N3O2. The molecule has 1 aromatic rings. The van der Waals surface area contributed by atoms with Crippen molar-refractivity contribution in [3.05, 3.63) is 26.9 Å². The van der Waals surface area contributed by atoms with E-state index in [4.69, 9.17) is 4.74 Å². The molecule has 0 spiro atoms. The fourth-order valence-corrected chi connectivity index (χ4v) is 3.34. The van der Waals surface area contributed by atoms with E-state index < -0.39 is 5.60 Å². The van der Waals surface area contributed by atoms with Gasteiger partial charge in [-0.3, -0.25) is 4.98 Å². The molecule has 2 rings (SSSR count). The van der Waals surface area contributed by atoms with E-state index in [1.54, 1.807) is 6.20 Å². The van der Waals surface area contributed by atoms with Crippen molar-refractivity contribution in [2.45, 2.75) is 51.8 Å². The third-order valence-corrected chi connectivity index (χ3v) is 4.55. The minimum absolute atomic E-state index is 0.0964. The first-order valence-electron chi connectivity index (χ1n) is 7.75. The number of hydrogen-bond donors (Lipinski definition) is 2. The quantitative estimate of drug-likeness (QED) is 0.690. The minimum Gasteiger partial charge on any atom is -0.444 e. The Morgan fingerprint density at radius 1 is 1.43 bits per heavy atom. The number of carbonyl (C=O) groups excluding carboxylic acids is 1. The van der Waals surface area contributed by atoms with Crippen molar-refractivity contribution in [3.63, 3.8) is 0 Å². The summed E-state index contributed by atoms with van der Waals surface area (Å²) in [6, 6.07) is 2.07. The van der Waals surface area contributed by atoms with E-state index >= 15 is 0 Å². The summed E-state index contributed by atoms with van der Waals surface area (Å²) in [7, 11) is 0. The SMILES string of the molecule is CC(C)(C)OC(=O)NC(CNCc1ncc(Br)cc1Br)C1CC1. The van der Waals surface area contributed by atoms with Crippen molar-refractivity contribution >= 4 is 38.0 Å². The number of ether oxygens (including phenoxy) is 1. The van der Waals surface area contributed by atoms with Gasteiger partial charge in [-0.15, -0.1) is 0 Å². The highest BCUT2D eigenvalue weighted by atomic mass is 79.9. The second-order valence-corrected chi connectivity index (χ2v) is 8.57. The average Bonchev–Trinajstić information content (AvgIpc) is 3.22. The number of halogens is 2. The van der Waals surface area contributed by atoms with Gasteiger partial charge in [0, 0.05) is 34.3 Å². The number of nitrogens with one attached hydrogen (secondary N) is 2. The van der Waals surface area contributed by atoms with E-state index in [0.717, 1.165) is 27.5 Å². The van der Waals surface area contributed by atoms with Crippen LogP contribution in [0.3, 0.4) is 0 Å². The zero-order valence-corrected chi connectivity index (χ0v) is 16.8. The van der Waals surface area contributed by atoms with Crippen molar-refractivity contribution in [2.75, 3.05) is 6.54 Å². The maximum atomic E-state index is 11.9. The summed E-state index contributed by atoms with van der Waals surface area (Å²) >= 11 is 6.90. The van der Waals surface area contributed by atoms with E-state index in [2.05, 4.69) is 47.5 Å². The van der Waals surface area contributed by atoms with Crippen LogP contribution in [0.15, 0.2) is 21.2 Å². The molecule has 1 amide bonds. The molecule has 1 aliphatic carbocycles. The molecule has 0 saturated heterocycles. The standard InChI is InChI=1S/C16H23Br2N3O2/c1-16(2,3)23-15(22)21-13(10-4-5-10)8-19-9-14-12(18)6-11(17)7-20-14/h6-7,10,13,19H,4-5,8-9H2,1-3H3,(H,21,22). The lowest BCUT2D eigenvalue weighted by atomic mass is 10.2. The number of rotatable bonds is 6. The molecule has 1 atom stereocenters. The molecule has 1 aromatic heterocycles. The molecular weight excluding hydrogens is 426 g/mol. The minimum atomic E-state index is -0.474. The van der Waals surface area contributed by atoms with Gasteiger partial charge in [0.05, 0.1) is 5.69 Å². The normalized spacial score (nSPS) is 16.0. The first-order chi connectivity index (χ1) is 10.7. The largest absolute Gasteiger partial charge is 0.444 e. The maximum absolute atomic E-state index is 11.9. The number of hydrogen-bond acceptors (Lipinski definition) is 4. The van der Waals surface area contributed by atoms with Gasteiger partial charge in [0.15, 0.2) is 0 Å². The van der Waals surface area contributed by atoms with Gasteiger partial charge in [0.2, 0.25) is 0 Å². The molecule has 23 heavy (non-hydrogen) atoms. The molecule has 0 aliphatic heterocycles. The van der Waals surface area contributed by atoms with Gasteiger partial charge >= 0.3 is 6.09 Å². The van der Waals surface area contributed by atoms with Crippen LogP contribution in [0.1, 0.15) is 39.3 Å². The summed E-state index contributed by atoms with van der Waals surface area (Å²) in [5.41, 5.74) is 0.470. The van der Waals surface area contributed by atoms with E-state index in [1.807, 2.05) is 26.8 Å². The Hall–Kier alpha value is -0.660. The van der Waals surface area contributed by atoms with Crippen molar-refractivity contribution in [2.24, 2.45) is 5.92 Å². The third kappa shape index (κ3) is 6.77. The second-order valence-electron chi connectivity index (χ2n) is 6.80. The van der Waals surface area contributed by atoms with E-state index in [-0.39, 0.29) is 12.1 Å². The Morgan fingerprint density at radius 3 is 2.70 bits per heavy atom. The van der Waals surface area contributed by atoms with Crippen LogP contribution in [0.25, 0.3) is 0 Å². The molecule has 0 aromatic carbocycles. The fourth-order valence-electron chi connectivity index (χ4n) is 2.21. The van der Waals surface area contributed by atoms with Gasteiger partial charge in [0.1, 0.15) is 5.60 Å². The monoisotopic (exact) mass is 447 g/mol. The summed E-state index contributed by atoms with van der Waals surface area (Å²) < 4.78 is 7.24. The van der Waals surface area contributed by atoms with Gasteiger partial charge in [-0.1, -0.05) is 0 Å². The van der Waals surface area contributed by atoms with Gasteiger partial charge in [-0.05, 0) is 77.5 Å². The van der Waals surface area contributed by atoms with Crippen LogP contribution in [0.5, 0.6) is 0 Å². The molecule has 5 nitrogen and oxygen atoms in total. The third-order valence-electron chi connectivity index (χ3n) is 3.43. The predicted octanol–water partition coefficient (Wildman–Crippen LogP) is 4.00. The van der Waals surface area contributed by atoms with Crippen LogP contribution >= 0.6 is 31.9 Å². The van der Waals surface area contributed by atoms with Crippen LogP contribution in [0.4, 0.5) is 4.79 Å². The first-order valence-corrected chi connectivity index (χ1v) is 9.33. The summed E-state index contributed by atoms with van der Waals surface area (Å²) in [6.45, 7) is 6.95. The van der Waals surface area contributed by atoms with Crippen LogP contribution < -0.4 is 10.6 Å². The van der Waals surface area contributed by atoms with Crippen LogP contribution in [0, 0.1) is 5.92 Å². The second kappa shape index (κ2) is 7.94. The Morgan fingerprint density at radius 2 is 2.13 bits per heavy atom. The topological polar surface area (TPSA) is 63.2 Å². The summed E-state index contributed by atoms with van der Waals surface area (Å²) in [5, 5.41) is 6.36. The molecule has 1 aliphatic rings. The van der Waals surface area contributed by atoms with Crippen molar-refractivity contribution in [3.8, 4) is 0 Å². The smallest absolute Gasteiger partial charge is 0.407 e. The van der Waals surface area contributed by atoms with E-state index in [9.17, 15) is 4.79 Å².